The molecule has 1 aliphatic rings. The fourth-order valence-corrected chi connectivity index (χ4v) is 2.53. The summed E-state index contributed by atoms with van der Waals surface area (Å²) >= 11 is 0. The number of benzene rings is 1. The number of hydrogen-bond acceptors (Lipinski definition) is 3. The van der Waals surface area contributed by atoms with Gasteiger partial charge in [0, 0.05) is 17.1 Å². The van der Waals surface area contributed by atoms with Gasteiger partial charge in [-0.2, -0.15) is 4.98 Å². The molecule has 4 nitrogen and oxygen atoms in total. The van der Waals surface area contributed by atoms with E-state index >= 15 is 0 Å². The summed E-state index contributed by atoms with van der Waals surface area (Å²) in [5, 5.41) is 5.35. The van der Waals surface area contributed by atoms with E-state index in [9.17, 15) is 0 Å². The fourth-order valence-electron chi connectivity index (χ4n) is 2.53. The van der Waals surface area contributed by atoms with Crippen molar-refractivity contribution in [2.24, 2.45) is 0 Å². The van der Waals surface area contributed by atoms with Crippen molar-refractivity contribution in [2.45, 2.75) is 32.2 Å². The lowest BCUT2D eigenvalue weighted by Gasteiger charge is -2.04. The highest BCUT2D eigenvalue weighted by Gasteiger charge is 2.29. The van der Waals surface area contributed by atoms with Crippen molar-refractivity contribution >= 4 is 10.9 Å². The van der Waals surface area contributed by atoms with E-state index in [-0.39, 0.29) is 0 Å². The molecule has 2 heterocycles. The van der Waals surface area contributed by atoms with Crippen LogP contribution in [0.3, 0.4) is 0 Å². The predicted molar refractivity (Wildman–Crippen MR) is 72.1 cm³/mol. The third-order valence-corrected chi connectivity index (χ3v) is 3.73. The lowest BCUT2D eigenvalue weighted by atomic mass is 10.2. The van der Waals surface area contributed by atoms with Gasteiger partial charge in [-0.05, 0) is 37.3 Å². The number of aromatic nitrogens is 3. The summed E-state index contributed by atoms with van der Waals surface area (Å²) in [4.78, 5) is 4.50. The van der Waals surface area contributed by atoms with E-state index in [2.05, 4.69) is 52.0 Å². The molecule has 1 aromatic carbocycles. The number of fused-ring (bicyclic) bond motifs is 1. The molecule has 0 aliphatic heterocycles. The molecule has 0 spiro atoms. The fraction of sp³-hybridized carbons (Fsp3) is 0.333. The van der Waals surface area contributed by atoms with Crippen molar-refractivity contribution in [3.8, 4) is 0 Å². The molecular weight excluding hydrogens is 238 g/mol. The van der Waals surface area contributed by atoms with Crippen molar-refractivity contribution in [3.05, 3.63) is 47.7 Å². The van der Waals surface area contributed by atoms with E-state index in [0.717, 1.165) is 11.7 Å². The van der Waals surface area contributed by atoms with Crippen LogP contribution in [0.15, 0.2) is 34.9 Å². The van der Waals surface area contributed by atoms with Crippen LogP contribution in [0.25, 0.3) is 10.9 Å². The maximum atomic E-state index is 5.31. The topological polar surface area (TPSA) is 43.9 Å². The van der Waals surface area contributed by atoms with Gasteiger partial charge >= 0.3 is 0 Å². The van der Waals surface area contributed by atoms with E-state index in [4.69, 9.17) is 4.52 Å². The average molecular weight is 253 g/mol. The van der Waals surface area contributed by atoms with E-state index < -0.39 is 0 Å². The highest BCUT2D eigenvalue weighted by Crippen LogP contribution is 2.38. The summed E-state index contributed by atoms with van der Waals surface area (Å²) < 4.78 is 7.55. The van der Waals surface area contributed by atoms with Crippen molar-refractivity contribution in [1.82, 2.24) is 14.7 Å². The van der Waals surface area contributed by atoms with Crippen molar-refractivity contribution in [2.75, 3.05) is 0 Å². The zero-order valence-electron chi connectivity index (χ0n) is 10.8. The molecule has 1 aliphatic carbocycles. The smallest absolute Gasteiger partial charge is 0.229 e. The second-order valence-electron chi connectivity index (χ2n) is 5.25. The maximum Gasteiger partial charge on any atom is 0.229 e. The van der Waals surface area contributed by atoms with Gasteiger partial charge in [-0.15, -0.1) is 0 Å². The second kappa shape index (κ2) is 3.95. The van der Waals surface area contributed by atoms with Gasteiger partial charge in [0.05, 0.1) is 6.54 Å². The van der Waals surface area contributed by atoms with Gasteiger partial charge in [0.1, 0.15) is 0 Å². The largest absolute Gasteiger partial charge is 0.339 e. The van der Waals surface area contributed by atoms with Crippen molar-refractivity contribution < 1.29 is 4.52 Å². The minimum absolute atomic E-state index is 0.517. The number of hydrogen-bond donors (Lipinski definition) is 0. The third kappa shape index (κ3) is 1.84. The first-order chi connectivity index (χ1) is 9.31. The summed E-state index contributed by atoms with van der Waals surface area (Å²) in [6, 6.07) is 10.6. The Kier molecular flexibility index (Phi) is 2.24. The number of aryl methyl sites for hydroxylation is 1. The standard InChI is InChI=1S/C15H15N3O/c1-10-8-12-4-2-3-5-13(12)18(10)9-14-16-15(19-17-14)11-6-7-11/h2-5,8,11H,6-7,9H2,1H3. The quantitative estimate of drug-likeness (QED) is 0.719. The Morgan fingerprint density at radius 2 is 2.16 bits per heavy atom. The van der Waals surface area contributed by atoms with Crippen LogP contribution in [-0.4, -0.2) is 14.7 Å². The Labute approximate surface area is 111 Å². The molecule has 0 saturated heterocycles. The van der Waals surface area contributed by atoms with Gasteiger partial charge in [0.15, 0.2) is 5.82 Å². The van der Waals surface area contributed by atoms with E-state index in [0.29, 0.717) is 12.5 Å². The minimum Gasteiger partial charge on any atom is -0.339 e. The molecule has 4 heteroatoms. The average Bonchev–Trinajstić information content (AvgIpc) is 3.09. The first kappa shape index (κ1) is 10.8. The maximum absolute atomic E-state index is 5.31. The van der Waals surface area contributed by atoms with Gasteiger partial charge in [-0.3, -0.25) is 0 Å². The zero-order valence-corrected chi connectivity index (χ0v) is 10.8. The van der Waals surface area contributed by atoms with Gasteiger partial charge in [-0.25, -0.2) is 0 Å². The van der Waals surface area contributed by atoms with Crippen molar-refractivity contribution in [1.29, 1.82) is 0 Å². The SMILES string of the molecule is Cc1cc2ccccc2n1Cc1noc(C2CC2)n1. The van der Waals surface area contributed by atoms with Crippen LogP contribution in [0.2, 0.25) is 0 Å². The molecule has 1 fully saturated rings. The molecular formula is C15H15N3O. The Balaban J connectivity index is 1.71. The molecule has 96 valence electrons. The van der Waals surface area contributed by atoms with Crippen LogP contribution in [-0.2, 0) is 6.54 Å². The summed E-state index contributed by atoms with van der Waals surface area (Å²) in [5.41, 5.74) is 2.44. The molecule has 19 heavy (non-hydrogen) atoms. The Morgan fingerprint density at radius 1 is 1.32 bits per heavy atom. The molecule has 0 amide bonds. The molecule has 0 radical (unpaired) electrons. The third-order valence-electron chi connectivity index (χ3n) is 3.73. The second-order valence-corrected chi connectivity index (χ2v) is 5.25. The normalized spacial score (nSPS) is 15.2. The summed E-state index contributed by atoms with van der Waals surface area (Å²) in [6.45, 7) is 2.79. The highest BCUT2D eigenvalue weighted by molar-refractivity contribution is 5.81. The van der Waals surface area contributed by atoms with Crippen LogP contribution in [0.1, 0.15) is 36.2 Å². The van der Waals surface area contributed by atoms with Crippen LogP contribution in [0.5, 0.6) is 0 Å². The van der Waals surface area contributed by atoms with Crippen LogP contribution >= 0.6 is 0 Å². The lowest BCUT2D eigenvalue weighted by Crippen LogP contribution is -2.03. The molecule has 0 N–H and O–H groups in total. The highest BCUT2D eigenvalue weighted by atomic mass is 16.5. The van der Waals surface area contributed by atoms with E-state index in [1.165, 1.54) is 29.4 Å². The molecule has 4 rings (SSSR count). The van der Waals surface area contributed by atoms with Crippen LogP contribution in [0, 0.1) is 6.92 Å². The first-order valence-corrected chi connectivity index (χ1v) is 6.68. The lowest BCUT2D eigenvalue weighted by molar-refractivity contribution is 0.373. The Morgan fingerprint density at radius 3 is 3.00 bits per heavy atom. The van der Waals surface area contributed by atoms with Gasteiger partial charge < -0.3 is 9.09 Å². The Hall–Kier alpha value is -2.10. The molecule has 1 saturated carbocycles. The minimum atomic E-state index is 0.517. The summed E-state index contributed by atoms with van der Waals surface area (Å²) in [6.07, 6.45) is 2.38. The van der Waals surface area contributed by atoms with E-state index in [1.54, 1.807) is 0 Å². The molecule has 0 atom stereocenters. The van der Waals surface area contributed by atoms with Gasteiger partial charge in [-0.1, -0.05) is 23.4 Å². The monoisotopic (exact) mass is 253 g/mol. The van der Waals surface area contributed by atoms with Crippen molar-refractivity contribution in [3.63, 3.8) is 0 Å². The first-order valence-electron chi connectivity index (χ1n) is 6.68. The van der Waals surface area contributed by atoms with Crippen LogP contribution < -0.4 is 0 Å². The summed E-state index contributed by atoms with van der Waals surface area (Å²) in [5.74, 6) is 2.10. The molecule has 0 unspecified atom stereocenters. The summed E-state index contributed by atoms with van der Waals surface area (Å²) in [7, 11) is 0. The van der Waals surface area contributed by atoms with Gasteiger partial charge in [0.25, 0.3) is 0 Å². The number of para-hydroxylation sites is 1. The number of rotatable bonds is 3. The van der Waals surface area contributed by atoms with Gasteiger partial charge in [0.2, 0.25) is 5.89 Å². The van der Waals surface area contributed by atoms with Crippen LogP contribution in [0.4, 0.5) is 0 Å². The number of nitrogens with zero attached hydrogens (tertiary/aromatic N) is 3. The van der Waals surface area contributed by atoms with E-state index in [1.807, 2.05) is 0 Å². The zero-order chi connectivity index (χ0) is 12.8. The molecule has 3 aromatic rings. The molecule has 0 bridgehead atoms. The predicted octanol–water partition coefficient (Wildman–Crippen LogP) is 3.26. The molecule has 2 aromatic heterocycles. The Bertz CT molecular complexity index is 737.